The first kappa shape index (κ1) is 16.7. The smallest absolute Gasteiger partial charge is 0.167 e. The summed E-state index contributed by atoms with van der Waals surface area (Å²) in [6, 6.07) is 0.489. The van der Waals surface area contributed by atoms with Crippen LogP contribution < -0.4 is 0 Å². The van der Waals surface area contributed by atoms with Crippen molar-refractivity contribution in [3.63, 3.8) is 0 Å². The zero-order chi connectivity index (χ0) is 14.6. The number of fused-ring (bicyclic) bond motifs is 1. The minimum Gasteiger partial charge on any atom is -0.295 e. The number of hydrogen-bond acceptors (Lipinski definition) is 3. The fraction of sp³-hybridized carbons (Fsp3) is 0.769. The van der Waals surface area contributed by atoms with E-state index < -0.39 is 10.8 Å². The molecule has 110 valence electrons. The van der Waals surface area contributed by atoms with Gasteiger partial charge in [-0.2, -0.15) is 5.10 Å². The third kappa shape index (κ3) is 3.80. The zero-order valence-electron chi connectivity index (χ0n) is 12.4. The second kappa shape index (κ2) is 7.41. The van der Waals surface area contributed by atoms with Gasteiger partial charge in [0.05, 0.1) is 21.5 Å². The van der Waals surface area contributed by atoms with Gasteiger partial charge in [0.1, 0.15) is 0 Å². The third-order valence-electron chi connectivity index (χ3n) is 3.13. The third-order valence-corrected chi connectivity index (χ3v) is 4.47. The SMILES string of the molecule is CC.CC(C)N1CCCn2nc(S(C)=O)c(Cl)c2C1. The average Bonchev–Trinajstić information content (AvgIpc) is 2.58. The number of halogens is 1. The lowest BCUT2D eigenvalue weighted by atomic mass is 10.3. The van der Waals surface area contributed by atoms with E-state index in [1.165, 1.54) is 0 Å². The van der Waals surface area contributed by atoms with Crippen LogP contribution >= 0.6 is 11.6 Å². The second-order valence-electron chi connectivity index (χ2n) is 4.66. The van der Waals surface area contributed by atoms with Gasteiger partial charge in [0.2, 0.25) is 0 Å². The highest BCUT2D eigenvalue weighted by atomic mass is 35.5. The Bertz CT molecular complexity index is 445. The Kier molecular flexibility index (Phi) is 6.50. The fourth-order valence-electron chi connectivity index (χ4n) is 2.11. The minimum absolute atomic E-state index is 0.489. The largest absolute Gasteiger partial charge is 0.295 e. The van der Waals surface area contributed by atoms with Crippen LogP contribution in [0.15, 0.2) is 5.03 Å². The molecule has 0 amide bonds. The first-order valence-electron chi connectivity index (χ1n) is 6.83. The molecule has 0 N–H and O–H groups in total. The number of aryl methyl sites for hydroxylation is 1. The van der Waals surface area contributed by atoms with Gasteiger partial charge in [-0.3, -0.25) is 13.8 Å². The predicted octanol–water partition coefficient (Wildman–Crippen LogP) is 2.91. The molecule has 2 heterocycles. The first-order chi connectivity index (χ1) is 9.00. The van der Waals surface area contributed by atoms with E-state index >= 15 is 0 Å². The summed E-state index contributed by atoms with van der Waals surface area (Å²) in [6.07, 6.45) is 2.67. The molecule has 0 saturated heterocycles. The van der Waals surface area contributed by atoms with E-state index in [-0.39, 0.29) is 0 Å². The molecular formula is C13H24ClN3OS. The van der Waals surface area contributed by atoms with Gasteiger partial charge in [0.15, 0.2) is 5.03 Å². The molecule has 1 aliphatic rings. The summed E-state index contributed by atoms with van der Waals surface area (Å²) in [5.41, 5.74) is 1.00. The molecule has 1 aromatic rings. The molecule has 0 bridgehead atoms. The number of aromatic nitrogens is 2. The van der Waals surface area contributed by atoms with Gasteiger partial charge in [-0.15, -0.1) is 0 Å². The number of rotatable bonds is 2. The monoisotopic (exact) mass is 305 g/mol. The van der Waals surface area contributed by atoms with Crippen molar-refractivity contribution >= 4 is 22.4 Å². The van der Waals surface area contributed by atoms with Crippen LogP contribution in [-0.4, -0.2) is 37.7 Å². The molecule has 4 nitrogen and oxygen atoms in total. The van der Waals surface area contributed by atoms with E-state index in [9.17, 15) is 4.21 Å². The van der Waals surface area contributed by atoms with Crippen molar-refractivity contribution in [3.05, 3.63) is 10.7 Å². The van der Waals surface area contributed by atoms with Crippen molar-refractivity contribution in [1.82, 2.24) is 14.7 Å². The van der Waals surface area contributed by atoms with Crippen LogP contribution in [0, 0.1) is 0 Å². The van der Waals surface area contributed by atoms with E-state index in [0.29, 0.717) is 16.1 Å². The van der Waals surface area contributed by atoms with Crippen molar-refractivity contribution in [2.75, 3.05) is 12.8 Å². The Morgan fingerprint density at radius 1 is 1.32 bits per heavy atom. The molecule has 6 heteroatoms. The molecule has 0 aromatic carbocycles. The van der Waals surface area contributed by atoms with Gasteiger partial charge >= 0.3 is 0 Å². The van der Waals surface area contributed by atoms with Gasteiger partial charge in [-0.05, 0) is 20.3 Å². The summed E-state index contributed by atoms with van der Waals surface area (Å²) in [4.78, 5) is 2.37. The van der Waals surface area contributed by atoms with Gasteiger partial charge in [0, 0.05) is 31.9 Å². The molecular weight excluding hydrogens is 282 g/mol. The minimum atomic E-state index is -1.12. The van der Waals surface area contributed by atoms with E-state index in [1.54, 1.807) is 6.26 Å². The highest BCUT2D eigenvalue weighted by Crippen LogP contribution is 2.27. The highest BCUT2D eigenvalue weighted by Gasteiger charge is 2.24. The maximum atomic E-state index is 11.5. The van der Waals surface area contributed by atoms with Gasteiger partial charge in [0.25, 0.3) is 0 Å². The predicted molar refractivity (Wildman–Crippen MR) is 81.1 cm³/mol. The van der Waals surface area contributed by atoms with E-state index in [1.807, 2.05) is 18.5 Å². The molecule has 0 fully saturated rings. The lowest BCUT2D eigenvalue weighted by molar-refractivity contribution is 0.216. The Hall–Kier alpha value is -0.390. The van der Waals surface area contributed by atoms with Crippen LogP contribution in [0.4, 0.5) is 0 Å². The lowest BCUT2D eigenvalue weighted by Gasteiger charge is -2.23. The zero-order valence-corrected chi connectivity index (χ0v) is 14.0. The van der Waals surface area contributed by atoms with Crippen molar-refractivity contribution in [1.29, 1.82) is 0 Å². The molecule has 2 rings (SSSR count). The average molecular weight is 306 g/mol. The van der Waals surface area contributed by atoms with Crippen molar-refractivity contribution in [2.45, 2.75) is 58.3 Å². The quantitative estimate of drug-likeness (QED) is 0.843. The molecule has 0 saturated carbocycles. The Balaban J connectivity index is 0.000000861. The van der Waals surface area contributed by atoms with Crippen molar-refractivity contribution < 1.29 is 4.21 Å². The molecule has 0 aliphatic carbocycles. The molecule has 1 atom stereocenters. The summed E-state index contributed by atoms with van der Waals surface area (Å²) in [7, 11) is -1.12. The fourth-order valence-corrected chi connectivity index (χ4v) is 3.21. The molecule has 1 aromatic heterocycles. The van der Waals surface area contributed by atoms with Gasteiger partial charge in [-0.1, -0.05) is 25.4 Å². The molecule has 0 radical (unpaired) electrons. The summed E-state index contributed by atoms with van der Waals surface area (Å²) in [5.74, 6) is 0. The molecule has 1 unspecified atom stereocenters. The normalized spacial score (nSPS) is 17.4. The summed E-state index contributed by atoms with van der Waals surface area (Å²) in [6.45, 7) is 11.1. The lowest BCUT2D eigenvalue weighted by Crippen LogP contribution is -2.30. The van der Waals surface area contributed by atoms with Crippen molar-refractivity contribution in [2.24, 2.45) is 0 Å². The van der Waals surface area contributed by atoms with Crippen LogP contribution in [-0.2, 0) is 23.9 Å². The Morgan fingerprint density at radius 2 is 1.95 bits per heavy atom. The van der Waals surface area contributed by atoms with Crippen LogP contribution in [0.1, 0.15) is 39.8 Å². The highest BCUT2D eigenvalue weighted by molar-refractivity contribution is 7.84. The topological polar surface area (TPSA) is 38.1 Å². The van der Waals surface area contributed by atoms with Gasteiger partial charge in [-0.25, -0.2) is 0 Å². The van der Waals surface area contributed by atoms with Gasteiger partial charge < -0.3 is 0 Å². The summed E-state index contributed by atoms with van der Waals surface area (Å²) in [5, 5.41) is 5.46. The first-order valence-corrected chi connectivity index (χ1v) is 8.77. The van der Waals surface area contributed by atoms with Crippen LogP contribution in [0.5, 0.6) is 0 Å². The summed E-state index contributed by atoms with van der Waals surface area (Å²) >= 11 is 6.28. The van der Waals surface area contributed by atoms with Crippen molar-refractivity contribution in [3.8, 4) is 0 Å². The van der Waals surface area contributed by atoms with Crippen LogP contribution in [0.3, 0.4) is 0 Å². The number of nitrogens with zero attached hydrogens (tertiary/aromatic N) is 3. The summed E-state index contributed by atoms with van der Waals surface area (Å²) < 4.78 is 13.4. The standard InChI is InChI=1S/C11H18ClN3OS.C2H6/c1-8(2)14-5-4-6-15-9(7-14)10(12)11(13-15)17(3)16;1-2/h8H,4-7H2,1-3H3;1-2H3. The Labute approximate surface area is 123 Å². The molecule has 1 aliphatic heterocycles. The second-order valence-corrected chi connectivity index (χ2v) is 6.33. The van der Waals surface area contributed by atoms with E-state index in [2.05, 4.69) is 23.8 Å². The van der Waals surface area contributed by atoms with E-state index in [4.69, 9.17) is 11.6 Å². The van der Waals surface area contributed by atoms with E-state index in [0.717, 1.165) is 31.7 Å². The number of hydrogen-bond donors (Lipinski definition) is 0. The molecule has 19 heavy (non-hydrogen) atoms. The maximum absolute atomic E-state index is 11.5. The van der Waals surface area contributed by atoms with Crippen LogP contribution in [0.25, 0.3) is 0 Å². The van der Waals surface area contributed by atoms with Crippen LogP contribution in [0.2, 0.25) is 5.02 Å². The molecule has 0 spiro atoms. The Morgan fingerprint density at radius 3 is 2.47 bits per heavy atom. The maximum Gasteiger partial charge on any atom is 0.167 e.